The molecule has 0 unspecified atom stereocenters. The Hall–Kier alpha value is -1.88. The maximum Gasteiger partial charge on any atom is 0.348 e. The van der Waals surface area contributed by atoms with E-state index in [1.807, 2.05) is 0 Å². The fourth-order valence-electron chi connectivity index (χ4n) is 1.37. The molecule has 0 spiro atoms. The van der Waals surface area contributed by atoms with Crippen LogP contribution in [0.25, 0.3) is 10.1 Å². The number of carboxylic acid groups (broad SMARTS) is 1. The predicted molar refractivity (Wildman–Crippen MR) is 60.1 cm³/mol. The number of thiophene rings is 1. The van der Waals surface area contributed by atoms with Crippen molar-refractivity contribution >= 4 is 33.4 Å². The maximum atomic E-state index is 11.3. The Bertz CT molecular complexity index is 570. The lowest BCUT2D eigenvalue weighted by Crippen LogP contribution is -1.96. The van der Waals surface area contributed by atoms with E-state index in [2.05, 4.69) is 4.74 Å². The first-order chi connectivity index (χ1) is 7.61. The molecule has 0 bridgehead atoms. The van der Waals surface area contributed by atoms with Crippen LogP contribution in [0.4, 0.5) is 0 Å². The van der Waals surface area contributed by atoms with Crippen molar-refractivity contribution in [2.24, 2.45) is 0 Å². The average Bonchev–Trinajstić information content (AvgIpc) is 2.70. The van der Waals surface area contributed by atoms with Crippen LogP contribution in [0.2, 0.25) is 0 Å². The van der Waals surface area contributed by atoms with Crippen LogP contribution in [0.15, 0.2) is 24.3 Å². The highest BCUT2D eigenvalue weighted by Crippen LogP contribution is 2.27. The lowest BCUT2D eigenvalue weighted by Gasteiger charge is -1.92. The van der Waals surface area contributed by atoms with Crippen molar-refractivity contribution < 1.29 is 19.4 Å². The fourth-order valence-corrected chi connectivity index (χ4v) is 2.39. The summed E-state index contributed by atoms with van der Waals surface area (Å²) in [5, 5.41) is 9.66. The molecular formula is C11H8O4S. The molecule has 1 N–H and O–H groups in total. The van der Waals surface area contributed by atoms with Crippen molar-refractivity contribution in [2.45, 2.75) is 0 Å². The monoisotopic (exact) mass is 236 g/mol. The molecule has 2 rings (SSSR count). The van der Waals surface area contributed by atoms with Crippen LogP contribution in [-0.2, 0) is 4.74 Å². The van der Waals surface area contributed by atoms with Gasteiger partial charge in [-0.2, -0.15) is 0 Å². The van der Waals surface area contributed by atoms with Gasteiger partial charge in [-0.3, -0.25) is 0 Å². The maximum absolute atomic E-state index is 11.3. The third-order valence-electron chi connectivity index (χ3n) is 2.15. The van der Waals surface area contributed by atoms with Crippen LogP contribution in [0, 0.1) is 0 Å². The van der Waals surface area contributed by atoms with Gasteiger partial charge in [-0.05, 0) is 23.6 Å². The van der Waals surface area contributed by atoms with E-state index in [0.29, 0.717) is 4.88 Å². The minimum atomic E-state index is -0.977. The summed E-state index contributed by atoms with van der Waals surface area (Å²) in [5.41, 5.74) is 0.214. The van der Waals surface area contributed by atoms with Crippen LogP contribution < -0.4 is 0 Å². The fraction of sp³-hybridized carbons (Fsp3) is 0.0909. The Labute approximate surface area is 95.1 Å². The predicted octanol–water partition coefficient (Wildman–Crippen LogP) is 2.39. The van der Waals surface area contributed by atoms with Crippen LogP contribution in [-0.4, -0.2) is 24.2 Å². The van der Waals surface area contributed by atoms with E-state index in [4.69, 9.17) is 5.11 Å². The Morgan fingerprint density at radius 1 is 1.31 bits per heavy atom. The van der Waals surface area contributed by atoms with Gasteiger partial charge in [0, 0.05) is 4.70 Å². The number of esters is 1. The molecule has 1 heterocycles. The molecular weight excluding hydrogens is 228 g/mol. The summed E-state index contributed by atoms with van der Waals surface area (Å²) in [5.74, 6) is -1.38. The molecule has 5 heteroatoms. The van der Waals surface area contributed by atoms with Gasteiger partial charge < -0.3 is 9.84 Å². The molecule has 0 aliphatic carbocycles. The summed E-state index contributed by atoms with van der Waals surface area (Å²) in [7, 11) is 1.31. The van der Waals surface area contributed by atoms with Gasteiger partial charge in [0.2, 0.25) is 0 Å². The SMILES string of the molecule is COC(=O)c1cc2ccc(C(=O)O)cc2s1. The summed E-state index contributed by atoms with van der Waals surface area (Å²) in [4.78, 5) is 22.5. The van der Waals surface area contributed by atoms with Gasteiger partial charge in [0.05, 0.1) is 12.7 Å². The Morgan fingerprint density at radius 3 is 2.69 bits per heavy atom. The van der Waals surface area contributed by atoms with E-state index in [1.165, 1.54) is 24.5 Å². The Morgan fingerprint density at radius 2 is 2.06 bits per heavy atom. The molecule has 0 radical (unpaired) electrons. The quantitative estimate of drug-likeness (QED) is 0.813. The molecule has 82 valence electrons. The van der Waals surface area contributed by atoms with Crippen molar-refractivity contribution in [3.63, 3.8) is 0 Å². The van der Waals surface area contributed by atoms with Crippen LogP contribution in [0.5, 0.6) is 0 Å². The van der Waals surface area contributed by atoms with E-state index in [9.17, 15) is 9.59 Å². The molecule has 1 aromatic heterocycles. The standard InChI is InChI=1S/C11H8O4S/c1-15-11(14)9-4-6-2-3-7(10(12)13)5-8(6)16-9/h2-5H,1H3,(H,12,13). The number of carbonyl (C=O) groups excluding carboxylic acids is 1. The third kappa shape index (κ3) is 1.77. The first kappa shape index (κ1) is 10.6. The number of aromatic carboxylic acids is 1. The number of benzene rings is 1. The topological polar surface area (TPSA) is 63.6 Å². The first-order valence-corrected chi connectivity index (χ1v) is 5.28. The lowest BCUT2D eigenvalue weighted by atomic mass is 10.2. The summed E-state index contributed by atoms with van der Waals surface area (Å²) in [6.07, 6.45) is 0. The van der Waals surface area contributed by atoms with Gasteiger partial charge in [0.25, 0.3) is 0 Å². The highest BCUT2D eigenvalue weighted by molar-refractivity contribution is 7.20. The van der Waals surface area contributed by atoms with Gasteiger partial charge in [0.15, 0.2) is 0 Å². The second kappa shape index (κ2) is 3.94. The largest absolute Gasteiger partial charge is 0.478 e. The Balaban J connectivity index is 2.54. The second-order valence-electron chi connectivity index (χ2n) is 3.16. The van der Waals surface area contributed by atoms with Gasteiger partial charge in [-0.15, -0.1) is 11.3 Å². The number of ether oxygens (including phenoxy) is 1. The zero-order chi connectivity index (χ0) is 11.7. The number of rotatable bonds is 2. The second-order valence-corrected chi connectivity index (χ2v) is 4.24. The highest BCUT2D eigenvalue weighted by Gasteiger charge is 2.11. The van der Waals surface area contributed by atoms with E-state index >= 15 is 0 Å². The average molecular weight is 236 g/mol. The molecule has 0 atom stereocenters. The molecule has 16 heavy (non-hydrogen) atoms. The highest BCUT2D eigenvalue weighted by atomic mass is 32.1. The first-order valence-electron chi connectivity index (χ1n) is 4.47. The normalized spacial score (nSPS) is 10.3. The van der Waals surface area contributed by atoms with Crippen LogP contribution >= 0.6 is 11.3 Å². The number of carbonyl (C=O) groups is 2. The summed E-state index contributed by atoms with van der Waals surface area (Å²) in [6, 6.07) is 6.44. The molecule has 2 aromatic rings. The van der Waals surface area contributed by atoms with E-state index in [0.717, 1.165) is 10.1 Å². The smallest absolute Gasteiger partial charge is 0.348 e. The number of methoxy groups -OCH3 is 1. The lowest BCUT2D eigenvalue weighted by molar-refractivity contribution is 0.0605. The van der Waals surface area contributed by atoms with Crippen LogP contribution in [0.1, 0.15) is 20.0 Å². The van der Waals surface area contributed by atoms with E-state index < -0.39 is 11.9 Å². The van der Waals surface area contributed by atoms with Crippen LogP contribution in [0.3, 0.4) is 0 Å². The molecule has 0 aliphatic heterocycles. The molecule has 0 saturated heterocycles. The number of hydrogen-bond acceptors (Lipinski definition) is 4. The minimum absolute atomic E-state index is 0.214. The summed E-state index contributed by atoms with van der Waals surface area (Å²) in [6.45, 7) is 0. The summed E-state index contributed by atoms with van der Waals surface area (Å²) < 4.78 is 5.36. The van der Waals surface area contributed by atoms with Gasteiger partial charge in [-0.1, -0.05) is 6.07 Å². The van der Waals surface area contributed by atoms with E-state index in [1.54, 1.807) is 18.2 Å². The van der Waals surface area contributed by atoms with Crippen molar-refractivity contribution in [2.75, 3.05) is 7.11 Å². The number of fused-ring (bicyclic) bond motifs is 1. The number of hydrogen-bond donors (Lipinski definition) is 1. The minimum Gasteiger partial charge on any atom is -0.478 e. The molecule has 0 saturated carbocycles. The third-order valence-corrected chi connectivity index (χ3v) is 3.23. The molecule has 1 aromatic carbocycles. The van der Waals surface area contributed by atoms with Crippen molar-refractivity contribution in [1.29, 1.82) is 0 Å². The molecule has 0 fully saturated rings. The Kier molecular flexibility index (Phi) is 2.62. The van der Waals surface area contributed by atoms with Gasteiger partial charge in [-0.25, -0.2) is 9.59 Å². The molecule has 4 nitrogen and oxygen atoms in total. The summed E-state index contributed by atoms with van der Waals surface area (Å²) >= 11 is 1.22. The van der Waals surface area contributed by atoms with Gasteiger partial charge in [0.1, 0.15) is 4.88 Å². The van der Waals surface area contributed by atoms with Crippen molar-refractivity contribution in [3.8, 4) is 0 Å². The van der Waals surface area contributed by atoms with Crippen molar-refractivity contribution in [3.05, 3.63) is 34.7 Å². The zero-order valence-electron chi connectivity index (χ0n) is 8.39. The molecule has 0 amide bonds. The van der Waals surface area contributed by atoms with Crippen molar-refractivity contribution in [1.82, 2.24) is 0 Å². The molecule has 0 aliphatic rings. The van der Waals surface area contributed by atoms with E-state index in [-0.39, 0.29) is 5.56 Å². The zero-order valence-corrected chi connectivity index (χ0v) is 9.21. The number of carboxylic acids is 1. The van der Waals surface area contributed by atoms with Gasteiger partial charge >= 0.3 is 11.9 Å².